The van der Waals surface area contributed by atoms with Gasteiger partial charge in [-0.25, -0.2) is 12.9 Å². The van der Waals surface area contributed by atoms with Crippen molar-refractivity contribution in [1.29, 1.82) is 0 Å². The van der Waals surface area contributed by atoms with Crippen LogP contribution in [0.3, 0.4) is 0 Å². The third kappa shape index (κ3) is 2.86. The van der Waals surface area contributed by atoms with Gasteiger partial charge in [0.1, 0.15) is 0 Å². The second-order valence-electron chi connectivity index (χ2n) is 5.33. The molecule has 2 heterocycles. The fourth-order valence-corrected chi connectivity index (χ4v) is 1.82. The minimum absolute atomic E-state index is 0.266. The smallest absolute Gasteiger partial charge is 0.243 e. The Balaban J connectivity index is 2.19. The number of pyridine rings is 1. The molecule has 0 aliphatic heterocycles. The molecule has 7 heteroatoms. The van der Waals surface area contributed by atoms with E-state index in [1.807, 2.05) is 25.3 Å². The van der Waals surface area contributed by atoms with E-state index < -0.39 is 14.6 Å². The Bertz CT molecular complexity index is 704. The number of rotatable bonds is 4. The third-order valence-corrected chi connectivity index (χ3v) is 5.31. The zero-order valence-corrected chi connectivity index (χ0v) is 12.3. The summed E-state index contributed by atoms with van der Waals surface area (Å²) in [6.45, 7) is 5.59. The van der Waals surface area contributed by atoms with Crippen molar-refractivity contribution in [2.45, 2.75) is 25.5 Å². The highest BCUT2D eigenvalue weighted by atomic mass is 32.2. The molecule has 0 aliphatic carbocycles. The van der Waals surface area contributed by atoms with Crippen molar-refractivity contribution in [3.05, 3.63) is 23.9 Å². The minimum atomic E-state index is -3.13. The highest BCUT2D eigenvalue weighted by Gasteiger charge is 2.30. The van der Waals surface area contributed by atoms with Crippen LogP contribution in [0, 0.1) is 6.92 Å². The molecule has 2 aromatic rings. The number of hydrogen-bond acceptors (Lipinski definition) is 5. The number of nitrogens with one attached hydrogen (secondary N) is 1. The van der Waals surface area contributed by atoms with E-state index in [9.17, 15) is 8.42 Å². The van der Waals surface area contributed by atoms with Crippen LogP contribution in [-0.4, -0.2) is 40.6 Å². The van der Waals surface area contributed by atoms with Crippen LogP contribution in [0.1, 0.15) is 19.4 Å². The summed E-state index contributed by atoms with van der Waals surface area (Å²) in [5, 5.41) is 7.24. The Labute approximate surface area is 112 Å². The van der Waals surface area contributed by atoms with Crippen LogP contribution < -0.4 is 5.32 Å². The Kier molecular flexibility index (Phi) is 3.25. The lowest BCUT2D eigenvalue weighted by Gasteiger charge is -2.22. The van der Waals surface area contributed by atoms with E-state index in [0.717, 1.165) is 11.2 Å². The van der Waals surface area contributed by atoms with Crippen LogP contribution in [0.5, 0.6) is 0 Å². The van der Waals surface area contributed by atoms with Crippen LogP contribution in [0.4, 0.5) is 5.95 Å². The SMILES string of the molecule is Cc1ccc2nc(NCC(C)(C)S(C)(=O)=O)nn2c1. The Morgan fingerprint density at radius 2 is 2.05 bits per heavy atom. The summed E-state index contributed by atoms with van der Waals surface area (Å²) >= 11 is 0. The number of aryl methyl sites for hydroxylation is 1. The number of hydrogen-bond donors (Lipinski definition) is 1. The monoisotopic (exact) mass is 282 g/mol. The minimum Gasteiger partial charge on any atom is -0.351 e. The molecule has 0 bridgehead atoms. The number of sulfone groups is 1. The van der Waals surface area contributed by atoms with Gasteiger partial charge in [0.2, 0.25) is 5.95 Å². The summed E-state index contributed by atoms with van der Waals surface area (Å²) in [7, 11) is -3.13. The number of aromatic nitrogens is 3. The molecule has 0 fully saturated rings. The van der Waals surface area contributed by atoms with Gasteiger partial charge in [0.05, 0.1) is 4.75 Å². The maximum Gasteiger partial charge on any atom is 0.243 e. The predicted octanol–water partition coefficient (Wildman–Crippen LogP) is 1.27. The molecule has 0 atom stereocenters. The van der Waals surface area contributed by atoms with Gasteiger partial charge in [0.25, 0.3) is 0 Å². The fourth-order valence-electron chi connectivity index (χ4n) is 1.48. The van der Waals surface area contributed by atoms with Crippen molar-refractivity contribution < 1.29 is 8.42 Å². The van der Waals surface area contributed by atoms with Gasteiger partial charge >= 0.3 is 0 Å². The van der Waals surface area contributed by atoms with E-state index in [4.69, 9.17) is 0 Å². The molecular weight excluding hydrogens is 264 g/mol. The van der Waals surface area contributed by atoms with Gasteiger partial charge in [-0.3, -0.25) is 0 Å². The Morgan fingerprint density at radius 1 is 1.37 bits per heavy atom. The van der Waals surface area contributed by atoms with E-state index in [1.165, 1.54) is 6.26 Å². The molecule has 0 spiro atoms. The molecule has 0 radical (unpaired) electrons. The number of nitrogens with zero attached hydrogens (tertiary/aromatic N) is 3. The molecule has 0 unspecified atom stereocenters. The second kappa shape index (κ2) is 4.48. The van der Waals surface area contributed by atoms with Gasteiger partial charge < -0.3 is 5.32 Å². The summed E-state index contributed by atoms with van der Waals surface area (Å²) in [4.78, 5) is 4.28. The molecule has 1 N–H and O–H groups in total. The van der Waals surface area contributed by atoms with E-state index in [1.54, 1.807) is 18.4 Å². The fraction of sp³-hybridized carbons (Fsp3) is 0.500. The van der Waals surface area contributed by atoms with Gasteiger partial charge in [0, 0.05) is 19.0 Å². The molecule has 104 valence electrons. The standard InChI is InChI=1S/C12H18N4O2S/c1-9-5-6-10-14-11(15-16(10)7-9)13-8-12(2,3)19(4,17)18/h5-7H,8H2,1-4H3,(H,13,15). The quantitative estimate of drug-likeness (QED) is 0.914. The first-order valence-corrected chi connectivity index (χ1v) is 7.85. The van der Waals surface area contributed by atoms with Crippen LogP contribution in [0.2, 0.25) is 0 Å². The molecule has 2 rings (SSSR count). The second-order valence-corrected chi connectivity index (χ2v) is 7.98. The lowest BCUT2D eigenvalue weighted by atomic mass is 10.2. The van der Waals surface area contributed by atoms with Gasteiger partial charge in [-0.15, -0.1) is 5.10 Å². The van der Waals surface area contributed by atoms with Crippen LogP contribution in [-0.2, 0) is 9.84 Å². The molecule has 0 saturated carbocycles. The van der Waals surface area contributed by atoms with Crippen molar-refractivity contribution in [3.8, 4) is 0 Å². The number of anilines is 1. The molecule has 2 aromatic heterocycles. The summed E-state index contributed by atoms with van der Waals surface area (Å²) < 4.78 is 24.0. The maximum absolute atomic E-state index is 11.6. The lowest BCUT2D eigenvalue weighted by molar-refractivity contribution is 0.559. The van der Waals surface area contributed by atoms with Crippen LogP contribution in [0.15, 0.2) is 18.3 Å². The molecular formula is C12H18N4O2S. The van der Waals surface area contributed by atoms with E-state index in [2.05, 4.69) is 15.4 Å². The van der Waals surface area contributed by atoms with Crippen molar-refractivity contribution in [2.75, 3.05) is 18.1 Å². The van der Waals surface area contributed by atoms with Crippen molar-refractivity contribution in [2.24, 2.45) is 0 Å². The Morgan fingerprint density at radius 3 is 2.68 bits per heavy atom. The van der Waals surface area contributed by atoms with Crippen molar-refractivity contribution in [1.82, 2.24) is 14.6 Å². The average molecular weight is 282 g/mol. The normalized spacial score (nSPS) is 12.8. The van der Waals surface area contributed by atoms with Gasteiger partial charge in [-0.05, 0) is 32.4 Å². The first kappa shape index (κ1) is 13.8. The zero-order chi connectivity index (χ0) is 14.3. The number of fused-ring (bicyclic) bond motifs is 1. The summed E-state index contributed by atoms with van der Waals surface area (Å²) in [5.41, 5.74) is 1.81. The highest BCUT2D eigenvalue weighted by molar-refractivity contribution is 7.92. The van der Waals surface area contributed by atoms with Crippen molar-refractivity contribution >= 4 is 21.4 Å². The Hall–Kier alpha value is -1.63. The van der Waals surface area contributed by atoms with Gasteiger partial charge in [0.15, 0.2) is 15.5 Å². The van der Waals surface area contributed by atoms with E-state index in [-0.39, 0.29) is 6.54 Å². The topological polar surface area (TPSA) is 76.4 Å². The molecule has 0 aliphatic rings. The van der Waals surface area contributed by atoms with Crippen LogP contribution in [0.25, 0.3) is 5.65 Å². The van der Waals surface area contributed by atoms with Crippen LogP contribution >= 0.6 is 0 Å². The van der Waals surface area contributed by atoms with Gasteiger partial charge in [-0.2, -0.15) is 4.98 Å². The molecule has 6 nitrogen and oxygen atoms in total. The molecule has 0 amide bonds. The maximum atomic E-state index is 11.6. The largest absolute Gasteiger partial charge is 0.351 e. The van der Waals surface area contributed by atoms with Gasteiger partial charge in [-0.1, -0.05) is 6.07 Å². The first-order chi connectivity index (χ1) is 8.69. The summed E-state index contributed by atoms with van der Waals surface area (Å²) in [6, 6.07) is 3.82. The lowest BCUT2D eigenvalue weighted by Crippen LogP contribution is -2.38. The van der Waals surface area contributed by atoms with E-state index >= 15 is 0 Å². The average Bonchev–Trinajstić information content (AvgIpc) is 2.67. The first-order valence-electron chi connectivity index (χ1n) is 5.95. The molecule has 19 heavy (non-hydrogen) atoms. The summed E-state index contributed by atoms with van der Waals surface area (Å²) in [6.07, 6.45) is 3.10. The predicted molar refractivity (Wildman–Crippen MR) is 75.1 cm³/mol. The third-order valence-electron chi connectivity index (χ3n) is 3.15. The molecule has 0 saturated heterocycles. The molecule has 0 aromatic carbocycles. The highest BCUT2D eigenvalue weighted by Crippen LogP contribution is 2.16. The summed E-state index contributed by atoms with van der Waals surface area (Å²) in [5.74, 6) is 0.433. The van der Waals surface area contributed by atoms with E-state index in [0.29, 0.717) is 5.95 Å². The van der Waals surface area contributed by atoms with Crippen molar-refractivity contribution in [3.63, 3.8) is 0 Å². The zero-order valence-electron chi connectivity index (χ0n) is 11.5.